The molecule has 0 atom stereocenters. The fourth-order valence-electron chi connectivity index (χ4n) is 2.21. The average Bonchev–Trinajstić information content (AvgIpc) is 2.65. The number of nitrogens with zero attached hydrogens (tertiary/aromatic N) is 1. The van der Waals surface area contributed by atoms with Gasteiger partial charge in [0.2, 0.25) is 0 Å². The van der Waals surface area contributed by atoms with Gasteiger partial charge in [0.25, 0.3) is 5.69 Å². The van der Waals surface area contributed by atoms with Gasteiger partial charge >= 0.3 is 5.97 Å². The standard InChI is InChI=1S/C18H16INO7/c1-3-26-16-9-12(8-14(19)17(16)25-2)18(22)27-10-15(21)11-4-6-13(7-5-11)20(23)24/h4-9H,3,10H2,1-2H3. The van der Waals surface area contributed by atoms with Crippen LogP contribution in [0.1, 0.15) is 27.6 Å². The summed E-state index contributed by atoms with van der Waals surface area (Å²) in [4.78, 5) is 34.4. The van der Waals surface area contributed by atoms with Crippen LogP contribution in [-0.4, -0.2) is 37.0 Å². The van der Waals surface area contributed by atoms with Crippen molar-refractivity contribution in [2.75, 3.05) is 20.3 Å². The number of carbonyl (C=O) groups is 2. The van der Waals surface area contributed by atoms with E-state index in [1.165, 1.54) is 37.4 Å². The number of rotatable bonds is 8. The molecule has 0 saturated heterocycles. The van der Waals surface area contributed by atoms with Crippen molar-refractivity contribution < 1.29 is 28.7 Å². The van der Waals surface area contributed by atoms with Crippen LogP contribution in [0.3, 0.4) is 0 Å². The Morgan fingerprint density at radius 1 is 1.15 bits per heavy atom. The number of methoxy groups -OCH3 is 1. The molecule has 2 rings (SSSR count). The maximum absolute atomic E-state index is 12.3. The number of ketones is 1. The van der Waals surface area contributed by atoms with Crippen molar-refractivity contribution >= 4 is 40.0 Å². The lowest BCUT2D eigenvalue weighted by atomic mass is 10.1. The molecule has 0 heterocycles. The number of hydrogen-bond donors (Lipinski definition) is 0. The summed E-state index contributed by atoms with van der Waals surface area (Å²) in [6.07, 6.45) is 0. The van der Waals surface area contributed by atoms with Crippen molar-refractivity contribution in [1.29, 1.82) is 0 Å². The summed E-state index contributed by atoms with van der Waals surface area (Å²) in [7, 11) is 1.50. The van der Waals surface area contributed by atoms with Crippen molar-refractivity contribution in [3.63, 3.8) is 0 Å². The third-order valence-electron chi connectivity index (χ3n) is 3.48. The van der Waals surface area contributed by atoms with Gasteiger partial charge in [0, 0.05) is 17.7 Å². The Labute approximate surface area is 168 Å². The minimum Gasteiger partial charge on any atom is -0.492 e. The summed E-state index contributed by atoms with van der Waals surface area (Å²) in [5.41, 5.74) is 0.313. The largest absolute Gasteiger partial charge is 0.492 e. The molecule has 0 amide bonds. The number of benzene rings is 2. The molecule has 0 aliphatic carbocycles. The first-order chi connectivity index (χ1) is 12.9. The van der Waals surface area contributed by atoms with E-state index in [1.54, 1.807) is 13.0 Å². The Kier molecular flexibility index (Phi) is 7.11. The average molecular weight is 485 g/mol. The fourth-order valence-corrected chi connectivity index (χ4v) is 3.04. The first-order valence-corrected chi connectivity index (χ1v) is 8.90. The quantitative estimate of drug-likeness (QED) is 0.185. The van der Waals surface area contributed by atoms with Gasteiger partial charge in [-0.15, -0.1) is 0 Å². The second-order valence-electron chi connectivity index (χ2n) is 5.23. The molecule has 0 aromatic heterocycles. The smallest absolute Gasteiger partial charge is 0.338 e. The van der Waals surface area contributed by atoms with E-state index >= 15 is 0 Å². The number of Topliss-reactive ketones (excluding diaryl/α,β-unsaturated/α-hetero) is 1. The summed E-state index contributed by atoms with van der Waals surface area (Å²) in [6, 6.07) is 8.13. The Morgan fingerprint density at radius 2 is 1.81 bits per heavy atom. The highest BCUT2D eigenvalue weighted by Crippen LogP contribution is 2.34. The van der Waals surface area contributed by atoms with Crippen LogP contribution in [0, 0.1) is 13.7 Å². The Hall–Kier alpha value is -2.69. The second-order valence-corrected chi connectivity index (χ2v) is 6.39. The number of esters is 1. The molecule has 8 nitrogen and oxygen atoms in total. The fraction of sp³-hybridized carbons (Fsp3) is 0.222. The molecule has 2 aromatic rings. The molecule has 0 saturated carbocycles. The molecule has 0 radical (unpaired) electrons. The van der Waals surface area contributed by atoms with Gasteiger partial charge in [0.05, 0.1) is 27.8 Å². The monoisotopic (exact) mass is 485 g/mol. The summed E-state index contributed by atoms with van der Waals surface area (Å²) < 4.78 is 16.4. The van der Waals surface area contributed by atoms with Crippen LogP contribution in [-0.2, 0) is 4.74 Å². The van der Waals surface area contributed by atoms with E-state index in [9.17, 15) is 19.7 Å². The predicted molar refractivity (Wildman–Crippen MR) is 105 cm³/mol. The first-order valence-electron chi connectivity index (χ1n) is 7.82. The molecule has 27 heavy (non-hydrogen) atoms. The zero-order chi connectivity index (χ0) is 20.0. The highest BCUT2D eigenvalue weighted by atomic mass is 127. The minimum atomic E-state index is -0.688. The van der Waals surface area contributed by atoms with Crippen molar-refractivity contribution in [2.24, 2.45) is 0 Å². The third kappa shape index (κ3) is 5.16. The predicted octanol–water partition coefficient (Wildman–Crippen LogP) is 3.65. The molecule has 0 unspecified atom stereocenters. The highest BCUT2D eigenvalue weighted by Gasteiger charge is 2.18. The van der Waals surface area contributed by atoms with E-state index in [-0.39, 0.29) is 16.8 Å². The Balaban J connectivity index is 2.08. The van der Waals surface area contributed by atoms with Crippen molar-refractivity contribution in [3.8, 4) is 11.5 Å². The Morgan fingerprint density at radius 3 is 2.37 bits per heavy atom. The molecule has 0 N–H and O–H groups in total. The maximum Gasteiger partial charge on any atom is 0.338 e. The molecule has 0 aliphatic rings. The van der Waals surface area contributed by atoms with Crippen molar-refractivity contribution in [2.45, 2.75) is 6.92 Å². The van der Waals surface area contributed by atoms with E-state index in [2.05, 4.69) is 0 Å². The van der Waals surface area contributed by atoms with Crippen LogP contribution in [0.15, 0.2) is 36.4 Å². The lowest BCUT2D eigenvalue weighted by Crippen LogP contribution is -2.14. The zero-order valence-corrected chi connectivity index (χ0v) is 16.7. The van der Waals surface area contributed by atoms with Crippen LogP contribution < -0.4 is 9.47 Å². The molecule has 142 valence electrons. The first kappa shape index (κ1) is 20.6. The SMILES string of the molecule is CCOc1cc(C(=O)OCC(=O)c2ccc([N+](=O)[O-])cc2)cc(I)c1OC. The van der Waals surface area contributed by atoms with Crippen LogP contribution in [0.4, 0.5) is 5.69 Å². The summed E-state index contributed by atoms with van der Waals surface area (Å²) in [5.74, 6) is -0.241. The lowest BCUT2D eigenvalue weighted by molar-refractivity contribution is -0.384. The van der Waals surface area contributed by atoms with Gasteiger partial charge in [-0.25, -0.2) is 4.79 Å². The summed E-state index contributed by atoms with van der Waals surface area (Å²) in [6.45, 7) is 1.72. The number of hydrogen-bond acceptors (Lipinski definition) is 7. The van der Waals surface area contributed by atoms with Gasteiger partial charge in [-0.05, 0) is 53.8 Å². The molecule has 0 spiro atoms. The number of non-ortho nitro benzene ring substituents is 1. The number of ether oxygens (including phenoxy) is 3. The van der Waals surface area contributed by atoms with Crippen LogP contribution in [0.25, 0.3) is 0 Å². The van der Waals surface area contributed by atoms with Gasteiger partial charge in [0.1, 0.15) is 0 Å². The maximum atomic E-state index is 12.3. The molecular weight excluding hydrogens is 469 g/mol. The van der Waals surface area contributed by atoms with Gasteiger partial charge in [-0.1, -0.05) is 0 Å². The van der Waals surface area contributed by atoms with E-state index in [1.807, 2.05) is 22.6 Å². The van der Waals surface area contributed by atoms with Crippen molar-refractivity contribution in [1.82, 2.24) is 0 Å². The van der Waals surface area contributed by atoms with Gasteiger partial charge in [0.15, 0.2) is 23.9 Å². The summed E-state index contributed by atoms with van der Waals surface area (Å²) >= 11 is 2.01. The van der Waals surface area contributed by atoms with Crippen LogP contribution >= 0.6 is 22.6 Å². The molecule has 2 aromatic carbocycles. The van der Waals surface area contributed by atoms with E-state index in [0.717, 1.165) is 0 Å². The minimum absolute atomic E-state index is 0.125. The van der Waals surface area contributed by atoms with E-state index in [0.29, 0.717) is 21.7 Å². The molecule has 0 aliphatic heterocycles. The van der Waals surface area contributed by atoms with Gasteiger partial charge < -0.3 is 14.2 Å². The Bertz CT molecular complexity index is 865. The second kappa shape index (κ2) is 9.31. The van der Waals surface area contributed by atoms with Crippen LogP contribution in [0.2, 0.25) is 0 Å². The normalized spacial score (nSPS) is 10.2. The van der Waals surface area contributed by atoms with E-state index in [4.69, 9.17) is 14.2 Å². The van der Waals surface area contributed by atoms with Crippen molar-refractivity contribution in [3.05, 3.63) is 61.2 Å². The molecule has 0 bridgehead atoms. The molecule has 9 heteroatoms. The van der Waals surface area contributed by atoms with Crippen LogP contribution in [0.5, 0.6) is 11.5 Å². The number of halogens is 1. The molecule has 0 fully saturated rings. The number of carbonyl (C=O) groups excluding carboxylic acids is 2. The van der Waals surface area contributed by atoms with E-state index < -0.39 is 23.3 Å². The number of nitro groups is 1. The lowest BCUT2D eigenvalue weighted by Gasteiger charge is -2.13. The zero-order valence-electron chi connectivity index (χ0n) is 14.6. The topological polar surface area (TPSA) is 105 Å². The highest BCUT2D eigenvalue weighted by molar-refractivity contribution is 14.1. The van der Waals surface area contributed by atoms with Gasteiger partial charge in [-0.2, -0.15) is 0 Å². The third-order valence-corrected chi connectivity index (χ3v) is 4.28. The number of nitro benzene ring substituents is 1. The van der Waals surface area contributed by atoms with Gasteiger partial charge in [-0.3, -0.25) is 14.9 Å². The summed E-state index contributed by atoms with van der Waals surface area (Å²) in [5, 5.41) is 10.6. The molecular formula is C18H16INO7.